The van der Waals surface area contributed by atoms with Crippen LogP contribution in [0.1, 0.15) is 18.1 Å². The molecule has 0 aliphatic carbocycles. The molecule has 6 heteroatoms. The summed E-state index contributed by atoms with van der Waals surface area (Å²) in [4.78, 5) is 18.7. The maximum atomic E-state index is 13.2. The average Bonchev–Trinajstić information content (AvgIpc) is 3.03. The molecule has 4 rings (SSSR count). The normalized spacial score (nSPS) is 15.2. The Hall–Kier alpha value is -3.41. The van der Waals surface area contributed by atoms with E-state index >= 15 is 0 Å². The Morgan fingerprint density at radius 3 is 2.86 bits per heavy atom. The predicted octanol–water partition coefficient (Wildman–Crippen LogP) is 4.67. The van der Waals surface area contributed by atoms with Crippen molar-refractivity contribution in [3.63, 3.8) is 0 Å². The lowest BCUT2D eigenvalue weighted by atomic mass is 10.1. The number of carbonyl (C=O) groups excluding carboxylic acids is 1. The summed E-state index contributed by atoms with van der Waals surface area (Å²) in [6.45, 7) is 2.40. The van der Waals surface area contributed by atoms with Crippen LogP contribution < -0.4 is 15.0 Å². The smallest absolute Gasteiger partial charge is 0.322 e. The number of amides is 2. The molecule has 2 aromatic carbocycles. The molecule has 2 amide bonds. The highest BCUT2D eigenvalue weighted by Crippen LogP contribution is 2.31. The highest BCUT2D eigenvalue weighted by molar-refractivity contribution is 5.94. The van der Waals surface area contributed by atoms with Crippen LogP contribution in [0.2, 0.25) is 0 Å². The minimum absolute atomic E-state index is 0.123. The minimum atomic E-state index is -0.366. The number of benzene rings is 2. The van der Waals surface area contributed by atoms with E-state index in [1.54, 1.807) is 29.3 Å². The molecule has 28 heavy (non-hydrogen) atoms. The third-order valence-electron chi connectivity index (χ3n) is 4.69. The highest BCUT2D eigenvalue weighted by Gasteiger charge is 2.30. The SMILES string of the molecule is CC1Cc2ccccc2N1C(=O)NCc1ccc(Oc2cccc(F)c2)nc1. The molecular formula is C22H20FN3O2. The van der Waals surface area contributed by atoms with Gasteiger partial charge in [0.25, 0.3) is 0 Å². The van der Waals surface area contributed by atoms with Gasteiger partial charge in [0.1, 0.15) is 11.6 Å². The quantitative estimate of drug-likeness (QED) is 0.719. The number of hydrogen-bond acceptors (Lipinski definition) is 3. The zero-order valence-electron chi connectivity index (χ0n) is 15.4. The van der Waals surface area contributed by atoms with Gasteiger partial charge in [0.2, 0.25) is 5.88 Å². The van der Waals surface area contributed by atoms with Crippen molar-refractivity contribution < 1.29 is 13.9 Å². The first-order valence-electron chi connectivity index (χ1n) is 9.13. The van der Waals surface area contributed by atoms with Crippen LogP contribution in [0.15, 0.2) is 66.9 Å². The maximum Gasteiger partial charge on any atom is 0.322 e. The van der Waals surface area contributed by atoms with Crippen LogP contribution in [0.4, 0.5) is 14.9 Å². The van der Waals surface area contributed by atoms with Crippen molar-refractivity contribution >= 4 is 11.7 Å². The number of urea groups is 1. The van der Waals surface area contributed by atoms with Crippen LogP contribution in [0, 0.1) is 5.82 Å². The highest BCUT2D eigenvalue weighted by atomic mass is 19.1. The van der Waals surface area contributed by atoms with Gasteiger partial charge in [-0.3, -0.25) is 4.90 Å². The van der Waals surface area contributed by atoms with Crippen molar-refractivity contribution in [3.8, 4) is 11.6 Å². The molecule has 1 N–H and O–H groups in total. The van der Waals surface area contributed by atoms with Crippen molar-refractivity contribution in [1.82, 2.24) is 10.3 Å². The number of rotatable bonds is 4. The van der Waals surface area contributed by atoms with Crippen molar-refractivity contribution in [2.24, 2.45) is 0 Å². The van der Waals surface area contributed by atoms with Crippen LogP contribution in [0.5, 0.6) is 11.6 Å². The second kappa shape index (κ2) is 7.68. The number of pyridine rings is 1. The summed E-state index contributed by atoms with van der Waals surface area (Å²) in [5, 5.41) is 2.95. The summed E-state index contributed by atoms with van der Waals surface area (Å²) >= 11 is 0. The Morgan fingerprint density at radius 1 is 1.21 bits per heavy atom. The second-order valence-corrected chi connectivity index (χ2v) is 6.77. The van der Waals surface area contributed by atoms with Crippen LogP contribution >= 0.6 is 0 Å². The third kappa shape index (κ3) is 3.81. The second-order valence-electron chi connectivity index (χ2n) is 6.77. The Morgan fingerprint density at radius 2 is 2.07 bits per heavy atom. The van der Waals surface area contributed by atoms with Gasteiger partial charge >= 0.3 is 6.03 Å². The first-order valence-corrected chi connectivity index (χ1v) is 9.13. The number of para-hydroxylation sites is 1. The average molecular weight is 377 g/mol. The number of carbonyl (C=O) groups is 1. The van der Waals surface area contributed by atoms with E-state index in [4.69, 9.17) is 4.74 Å². The molecule has 0 saturated carbocycles. The van der Waals surface area contributed by atoms with Gasteiger partial charge in [0.15, 0.2) is 0 Å². The van der Waals surface area contributed by atoms with Gasteiger partial charge in [-0.25, -0.2) is 14.2 Å². The predicted molar refractivity (Wildman–Crippen MR) is 105 cm³/mol. The molecule has 0 saturated heterocycles. The number of ether oxygens (including phenoxy) is 1. The van der Waals surface area contributed by atoms with Gasteiger partial charge < -0.3 is 10.1 Å². The van der Waals surface area contributed by atoms with Gasteiger partial charge in [0, 0.05) is 36.6 Å². The number of hydrogen-bond donors (Lipinski definition) is 1. The fourth-order valence-corrected chi connectivity index (χ4v) is 3.36. The van der Waals surface area contributed by atoms with Gasteiger partial charge in [-0.05, 0) is 42.7 Å². The molecule has 1 aliphatic rings. The van der Waals surface area contributed by atoms with E-state index in [-0.39, 0.29) is 17.9 Å². The van der Waals surface area contributed by atoms with E-state index < -0.39 is 0 Å². The third-order valence-corrected chi connectivity index (χ3v) is 4.69. The van der Waals surface area contributed by atoms with Gasteiger partial charge in [0.05, 0.1) is 0 Å². The largest absolute Gasteiger partial charge is 0.439 e. The fourth-order valence-electron chi connectivity index (χ4n) is 3.36. The first kappa shape index (κ1) is 18.0. The molecule has 1 unspecified atom stereocenters. The van der Waals surface area contributed by atoms with Gasteiger partial charge in [-0.15, -0.1) is 0 Å². The zero-order chi connectivity index (χ0) is 19.5. The molecule has 3 aromatic rings. The van der Waals surface area contributed by atoms with Crippen LogP contribution in [0.3, 0.4) is 0 Å². The van der Waals surface area contributed by atoms with Crippen LogP contribution in [0.25, 0.3) is 0 Å². The van der Waals surface area contributed by atoms with Crippen LogP contribution in [-0.2, 0) is 13.0 Å². The number of nitrogens with one attached hydrogen (secondary N) is 1. The Balaban J connectivity index is 1.37. The summed E-state index contributed by atoms with van der Waals surface area (Å²) in [5.41, 5.74) is 3.00. The van der Waals surface area contributed by atoms with E-state index in [0.717, 1.165) is 17.7 Å². The molecule has 142 valence electrons. The van der Waals surface area contributed by atoms with E-state index in [0.29, 0.717) is 18.2 Å². The van der Waals surface area contributed by atoms with Crippen molar-refractivity contribution in [2.45, 2.75) is 25.9 Å². The lowest BCUT2D eigenvalue weighted by molar-refractivity contribution is 0.244. The Bertz CT molecular complexity index is 991. The molecule has 1 atom stereocenters. The number of halogens is 1. The summed E-state index contributed by atoms with van der Waals surface area (Å²) < 4.78 is 18.7. The lowest BCUT2D eigenvalue weighted by Crippen LogP contribution is -2.42. The fraction of sp³-hybridized carbons (Fsp3) is 0.182. The van der Waals surface area contributed by atoms with Crippen molar-refractivity contribution in [3.05, 3.63) is 83.8 Å². The van der Waals surface area contributed by atoms with Gasteiger partial charge in [-0.2, -0.15) is 0 Å². The number of nitrogens with zero attached hydrogens (tertiary/aromatic N) is 2. The summed E-state index contributed by atoms with van der Waals surface area (Å²) in [7, 11) is 0. The van der Waals surface area contributed by atoms with Gasteiger partial charge in [-0.1, -0.05) is 30.3 Å². The molecule has 1 aliphatic heterocycles. The van der Waals surface area contributed by atoms with E-state index in [1.165, 1.54) is 17.7 Å². The summed E-state index contributed by atoms with van der Waals surface area (Å²) in [5.74, 6) is 0.382. The van der Waals surface area contributed by atoms with E-state index in [2.05, 4.69) is 16.4 Å². The monoisotopic (exact) mass is 377 g/mol. The zero-order valence-corrected chi connectivity index (χ0v) is 15.4. The molecule has 1 aromatic heterocycles. The molecule has 5 nitrogen and oxygen atoms in total. The van der Waals surface area contributed by atoms with Crippen molar-refractivity contribution in [2.75, 3.05) is 4.90 Å². The molecule has 0 bridgehead atoms. The lowest BCUT2D eigenvalue weighted by Gasteiger charge is -2.23. The summed E-state index contributed by atoms with van der Waals surface area (Å²) in [6, 6.07) is 17.4. The molecular weight excluding hydrogens is 357 g/mol. The van der Waals surface area contributed by atoms with Crippen LogP contribution in [-0.4, -0.2) is 17.1 Å². The van der Waals surface area contributed by atoms with E-state index in [9.17, 15) is 9.18 Å². The number of anilines is 1. The number of fused-ring (bicyclic) bond motifs is 1. The minimum Gasteiger partial charge on any atom is -0.439 e. The Labute approximate surface area is 162 Å². The molecule has 0 spiro atoms. The molecule has 0 fully saturated rings. The molecule has 0 radical (unpaired) electrons. The topological polar surface area (TPSA) is 54.5 Å². The molecule has 2 heterocycles. The number of aromatic nitrogens is 1. The van der Waals surface area contributed by atoms with Crippen molar-refractivity contribution in [1.29, 1.82) is 0 Å². The van der Waals surface area contributed by atoms with E-state index in [1.807, 2.05) is 31.2 Å². The maximum absolute atomic E-state index is 13.2. The summed E-state index contributed by atoms with van der Waals surface area (Å²) in [6.07, 6.45) is 2.49. The standard InChI is InChI=1S/C22H20FN3O2/c1-15-11-17-5-2-3-8-20(17)26(15)22(27)25-14-16-9-10-21(24-13-16)28-19-7-4-6-18(23)12-19/h2-10,12-13,15H,11,14H2,1H3,(H,25,27). The Kier molecular flexibility index (Phi) is 4.93. The first-order chi connectivity index (χ1) is 13.6.